The summed E-state index contributed by atoms with van der Waals surface area (Å²) in [6.07, 6.45) is 1.62. The first-order valence-corrected chi connectivity index (χ1v) is 10.5. The minimum atomic E-state index is -0.353. The minimum Gasteiger partial charge on any atom is -0.504 e. The monoisotopic (exact) mass is 427 g/mol. The van der Waals surface area contributed by atoms with Crippen LogP contribution >= 0.6 is 11.8 Å². The second kappa shape index (κ2) is 9.26. The average molecular weight is 428 g/mol. The molecular formula is C23H25NO5S. The number of ether oxygens (including phenoxy) is 2. The molecule has 0 aliphatic carbocycles. The molecule has 30 heavy (non-hydrogen) atoms. The van der Waals surface area contributed by atoms with Crippen LogP contribution in [0.15, 0.2) is 41.3 Å². The zero-order valence-electron chi connectivity index (χ0n) is 17.5. The Labute approximate surface area is 180 Å². The molecule has 0 spiro atoms. The topological polar surface area (TPSA) is 76.1 Å². The molecule has 7 heteroatoms. The van der Waals surface area contributed by atoms with Crippen molar-refractivity contribution in [1.82, 2.24) is 4.90 Å². The molecule has 0 unspecified atom stereocenters. The fourth-order valence-electron chi connectivity index (χ4n) is 3.12. The predicted octanol–water partition coefficient (Wildman–Crippen LogP) is 4.95. The summed E-state index contributed by atoms with van der Waals surface area (Å²) in [6, 6.07) is 10.8. The number of imide groups is 1. The van der Waals surface area contributed by atoms with Crippen molar-refractivity contribution in [1.29, 1.82) is 0 Å². The molecule has 0 atom stereocenters. The highest BCUT2D eigenvalue weighted by molar-refractivity contribution is 8.18. The first kappa shape index (κ1) is 21.8. The summed E-state index contributed by atoms with van der Waals surface area (Å²) in [7, 11) is 1.45. The van der Waals surface area contributed by atoms with Crippen molar-refractivity contribution in [3.63, 3.8) is 0 Å². The van der Waals surface area contributed by atoms with Crippen molar-refractivity contribution >= 4 is 29.0 Å². The largest absolute Gasteiger partial charge is 0.504 e. The molecule has 1 heterocycles. The van der Waals surface area contributed by atoms with Crippen molar-refractivity contribution in [2.45, 2.75) is 26.7 Å². The highest BCUT2D eigenvalue weighted by Gasteiger charge is 2.34. The number of hydrogen-bond donors (Lipinski definition) is 1. The number of aryl methyl sites for hydroxylation is 1. The van der Waals surface area contributed by atoms with Crippen LogP contribution in [0.2, 0.25) is 0 Å². The number of aromatic hydroxyl groups is 1. The van der Waals surface area contributed by atoms with Gasteiger partial charge in [-0.1, -0.05) is 32.0 Å². The average Bonchev–Trinajstić information content (AvgIpc) is 2.96. The van der Waals surface area contributed by atoms with Gasteiger partial charge in [-0.05, 0) is 65.6 Å². The standard InChI is InChI=1S/C23H25NO5S/c1-14(2)17-7-5-15(3)11-19(17)29-10-9-24-22(26)21(30-23(24)27)13-16-6-8-18(25)20(12-16)28-4/h5-8,11-14,25H,9-10H2,1-4H3/b21-13-. The van der Waals surface area contributed by atoms with E-state index in [4.69, 9.17) is 9.47 Å². The van der Waals surface area contributed by atoms with Gasteiger partial charge in [-0.3, -0.25) is 14.5 Å². The number of carbonyl (C=O) groups is 2. The molecule has 2 aromatic rings. The number of carbonyl (C=O) groups excluding carboxylic acids is 2. The van der Waals surface area contributed by atoms with Crippen LogP contribution in [-0.4, -0.2) is 41.4 Å². The third kappa shape index (κ3) is 4.79. The van der Waals surface area contributed by atoms with Crippen LogP contribution in [0.3, 0.4) is 0 Å². The fourth-order valence-corrected chi connectivity index (χ4v) is 3.98. The summed E-state index contributed by atoms with van der Waals surface area (Å²) in [5.41, 5.74) is 2.84. The van der Waals surface area contributed by atoms with E-state index in [9.17, 15) is 14.7 Å². The Balaban J connectivity index is 1.68. The van der Waals surface area contributed by atoms with Crippen LogP contribution < -0.4 is 9.47 Å². The molecule has 1 aliphatic rings. The van der Waals surface area contributed by atoms with Gasteiger partial charge in [0.25, 0.3) is 11.1 Å². The van der Waals surface area contributed by atoms with Crippen molar-refractivity contribution in [2.75, 3.05) is 20.3 Å². The molecule has 6 nitrogen and oxygen atoms in total. The van der Waals surface area contributed by atoms with Gasteiger partial charge in [0, 0.05) is 0 Å². The van der Waals surface area contributed by atoms with E-state index >= 15 is 0 Å². The summed E-state index contributed by atoms with van der Waals surface area (Å²) >= 11 is 0.891. The van der Waals surface area contributed by atoms with E-state index in [1.54, 1.807) is 18.2 Å². The van der Waals surface area contributed by atoms with Crippen molar-refractivity contribution in [2.24, 2.45) is 0 Å². The molecule has 1 fully saturated rings. The molecule has 0 radical (unpaired) electrons. The lowest BCUT2D eigenvalue weighted by Gasteiger charge is -2.17. The Morgan fingerprint density at radius 3 is 2.60 bits per heavy atom. The Morgan fingerprint density at radius 2 is 1.90 bits per heavy atom. The molecule has 158 valence electrons. The lowest BCUT2D eigenvalue weighted by molar-refractivity contribution is -0.123. The van der Waals surface area contributed by atoms with Crippen LogP contribution in [0.1, 0.15) is 36.5 Å². The van der Waals surface area contributed by atoms with Gasteiger partial charge in [-0.2, -0.15) is 0 Å². The number of methoxy groups -OCH3 is 1. The number of benzene rings is 2. The molecule has 2 amide bonds. The van der Waals surface area contributed by atoms with E-state index in [1.807, 2.05) is 25.1 Å². The Morgan fingerprint density at radius 1 is 1.13 bits per heavy atom. The van der Waals surface area contributed by atoms with Crippen molar-refractivity contribution in [3.8, 4) is 17.2 Å². The number of phenols is 1. The zero-order valence-corrected chi connectivity index (χ0v) is 18.3. The molecule has 2 aromatic carbocycles. The zero-order chi connectivity index (χ0) is 21.8. The summed E-state index contributed by atoms with van der Waals surface area (Å²) in [5.74, 6) is 1.05. The quantitative estimate of drug-likeness (QED) is 0.630. The first-order chi connectivity index (χ1) is 14.3. The van der Waals surface area contributed by atoms with Crippen molar-refractivity contribution in [3.05, 3.63) is 58.0 Å². The van der Waals surface area contributed by atoms with Gasteiger partial charge in [-0.15, -0.1) is 0 Å². The number of rotatable bonds is 7. The second-order valence-electron chi connectivity index (χ2n) is 7.31. The Hall–Kier alpha value is -2.93. The maximum absolute atomic E-state index is 12.7. The van der Waals surface area contributed by atoms with E-state index in [2.05, 4.69) is 13.8 Å². The van der Waals surface area contributed by atoms with E-state index in [1.165, 1.54) is 18.1 Å². The SMILES string of the molecule is COc1cc(/C=C2\SC(=O)N(CCOc3cc(C)ccc3C(C)C)C2=O)ccc1O. The normalized spacial score (nSPS) is 15.4. The third-order valence-corrected chi connectivity index (χ3v) is 5.65. The summed E-state index contributed by atoms with van der Waals surface area (Å²) < 4.78 is 11.0. The minimum absolute atomic E-state index is 0.0109. The van der Waals surface area contributed by atoms with Gasteiger partial charge in [0.2, 0.25) is 0 Å². The summed E-state index contributed by atoms with van der Waals surface area (Å²) in [6.45, 7) is 6.58. The number of phenolic OH excluding ortho intramolecular Hbond substituents is 1. The van der Waals surface area contributed by atoms with Gasteiger partial charge >= 0.3 is 0 Å². The molecule has 1 N–H and O–H groups in total. The fraction of sp³-hybridized carbons (Fsp3) is 0.304. The highest BCUT2D eigenvalue weighted by atomic mass is 32.2. The van der Waals surface area contributed by atoms with Crippen LogP contribution in [0.25, 0.3) is 6.08 Å². The number of thioether (sulfide) groups is 1. The summed E-state index contributed by atoms with van der Waals surface area (Å²) in [5, 5.41) is 9.37. The van der Waals surface area contributed by atoms with Gasteiger partial charge in [0.15, 0.2) is 11.5 Å². The van der Waals surface area contributed by atoms with Crippen LogP contribution in [0.4, 0.5) is 4.79 Å². The molecule has 0 saturated carbocycles. The predicted molar refractivity (Wildman–Crippen MR) is 118 cm³/mol. The molecule has 1 saturated heterocycles. The molecule has 3 rings (SSSR count). The van der Waals surface area contributed by atoms with E-state index < -0.39 is 0 Å². The third-order valence-electron chi connectivity index (χ3n) is 4.74. The van der Waals surface area contributed by atoms with E-state index in [0.29, 0.717) is 22.1 Å². The summed E-state index contributed by atoms with van der Waals surface area (Å²) in [4.78, 5) is 26.6. The van der Waals surface area contributed by atoms with Gasteiger partial charge in [0.1, 0.15) is 12.4 Å². The molecule has 0 aromatic heterocycles. The van der Waals surface area contributed by atoms with Crippen LogP contribution in [-0.2, 0) is 4.79 Å². The first-order valence-electron chi connectivity index (χ1n) is 9.66. The maximum Gasteiger partial charge on any atom is 0.293 e. The molecule has 0 bridgehead atoms. The van der Waals surface area contributed by atoms with E-state index in [-0.39, 0.29) is 30.0 Å². The smallest absolute Gasteiger partial charge is 0.293 e. The number of hydrogen-bond acceptors (Lipinski definition) is 6. The van der Waals surface area contributed by atoms with E-state index in [0.717, 1.165) is 28.6 Å². The Bertz CT molecular complexity index is 999. The molecule has 1 aliphatic heterocycles. The van der Waals surface area contributed by atoms with Gasteiger partial charge in [-0.25, -0.2) is 0 Å². The highest BCUT2D eigenvalue weighted by Crippen LogP contribution is 2.34. The lowest BCUT2D eigenvalue weighted by Crippen LogP contribution is -2.32. The van der Waals surface area contributed by atoms with Crippen molar-refractivity contribution < 1.29 is 24.2 Å². The number of amides is 2. The Kier molecular flexibility index (Phi) is 6.72. The van der Waals surface area contributed by atoms with Gasteiger partial charge in [0.05, 0.1) is 18.6 Å². The molecular weight excluding hydrogens is 402 g/mol. The van der Waals surface area contributed by atoms with Crippen LogP contribution in [0.5, 0.6) is 17.2 Å². The number of nitrogens with zero attached hydrogens (tertiary/aromatic N) is 1. The maximum atomic E-state index is 12.7. The van der Waals surface area contributed by atoms with Gasteiger partial charge < -0.3 is 14.6 Å². The lowest BCUT2D eigenvalue weighted by atomic mass is 10.0. The second-order valence-corrected chi connectivity index (χ2v) is 8.30. The van der Waals surface area contributed by atoms with Crippen LogP contribution in [0, 0.1) is 6.92 Å².